The molecule has 0 unspecified atom stereocenters. The predicted molar refractivity (Wildman–Crippen MR) is 101 cm³/mol. The first kappa shape index (κ1) is 20.2. The molecule has 1 aromatic heterocycles. The zero-order valence-electron chi connectivity index (χ0n) is 14.0. The Labute approximate surface area is 155 Å². The Morgan fingerprint density at radius 1 is 1.39 bits per heavy atom. The molecule has 1 aliphatic rings. The number of halogens is 1. The van der Waals surface area contributed by atoms with Crippen molar-refractivity contribution < 1.29 is 13.9 Å². The highest BCUT2D eigenvalue weighted by Gasteiger charge is 2.21. The van der Waals surface area contributed by atoms with Crippen LogP contribution >= 0.6 is 24.0 Å². The maximum Gasteiger partial charge on any atom is 0.194 e. The first-order valence-corrected chi connectivity index (χ1v) is 7.92. The molecule has 2 heterocycles. The largest absolute Gasteiger partial charge is 0.467 e. The second kappa shape index (κ2) is 11.7. The number of guanidine groups is 1. The molecule has 0 aliphatic carbocycles. The van der Waals surface area contributed by atoms with Crippen LogP contribution < -0.4 is 5.32 Å². The molecule has 0 spiro atoms. The van der Waals surface area contributed by atoms with Gasteiger partial charge in [0.2, 0.25) is 0 Å². The first-order chi connectivity index (χ1) is 10.8. The molecule has 7 heteroatoms. The maximum absolute atomic E-state index is 5.88. The van der Waals surface area contributed by atoms with E-state index in [1.807, 2.05) is 19.2 Å². The summed E-state index contributed by atoms with van der Waals surface area (Å²) in [5.74, 6) is 1.84. The first-order valence-electron chi connectivity index (χ1n) is 7.92. The Bertz CT molecular complexity index is 432. The van der Waals surface area contributed by atoms with Gasteiger partial charge in [0.1, 0.15) is 5.76 Å². The fraction of sp³-hybridized carbons (Fsp3) is 0.688. The highest BCUT2D eigenvalue weighted by atomic mass is 127. The van der Waals surface area contributed by atoms with Crippen LogP contribution in [0.2, 0.25) is 0 Å². The van der Waals surface area contributed by atoms with E-state index in [2.05, 4.69) is 15.2 Å². The van der Waals surface area contributed by atoms with Gasteiger partial charge in [-0.3, -0.25) is 4.99 Å². The highest BCUT2D eigenvalue weighted by molar-refractivity contribution is 14.0. The summed E-state index contributed by atoms with van der Waals surface area (Å²) in [5, 5.41) is 3.34. The van der Waals surface area contributed by atoms with Crippen LogP contribution in [0.5, 0.6) is 0 Å². The molecule has 0 radical (unpaired) electrons. The third-order valence-corrected chi connectivity index (χ3v) is 3.80. The van der Waals surface area contributed by atoms with Gasteiger partial charge in [-0.15, -0.1) is 24.0 Å². The smallest absolute Gasteiger partial charge is 0.194 e. The van der Waals surface area contributed by atoms with Crippen molar-refractivity contribution in [1.82, 2.24) is 10.2 Å². The molecule has 6 nitrogen and oxygen atoms in total. The van der Waals surface area contributed by atoms with Crippen LogP contribution in [0.25, 0.3) is 0 Å². The van der Waals surface area contributed by atoms with Crippen molar-refractivity contribution in [3.63, 3.8) is 0 Å². The lowest BCUT2D eigenvalue weighted by Gasteiger charge is -2.34. The van der Waals surface area contributed by atoms with Crippen LogP contribution in [0.15, 0.2) is 27.8 Å². The SMILES string of the molecule is CN=C(NCc1ccco1)N1CCC(OCCCOC)CC1.I. The molecular formula is C16H28IN3O3. The Morgan fingerprint density at radius 3 is 2.78 bits per heavy atom. The van der Waals surface area contributed by atoms with Gasteiger partial charge < -0.3 is 24.1 Å². The molecule has 0 aromatic carbocycles. The van der Waals surface area contributed by atoms with Crippen LogP contribution in [-0.2, 0) is 16.0 Å². The van der Waals surface area contributed by atoms with E-state index in [4.69, 9.17) is 13.9 Å². The molecule has 1 N–H and O–H groups in total. The van der Waals surface area contributed by atoms with Gasteiger partial charge in [-0.25, -0.2) is 0 Å². The van der Waals surface area contributed by atoms with E-state index < -0.39 is 0 Å². The lowest BCUT2D eigenvalue weighted by atomic mass is 10.1. The number of likely N-dealkylation sites (tertiary alicyclic amines) is 1. The molecule has 0 amide bonds. The third-order valence-electron chi connectivity index (χ3n) is 3.80. The second-order valence-corrected chi connectivity index (χ2v) is 5.38. The van der Waals surface area contributed by atoms with E-state index in [1.54, 1.807) is 13.4 Å². The number of aliphatic imine (C=N–C) groups is 1. The Kier molecular flexibility index (Phi) is 10.3. The van der Waals surface area contributed by atoms with Crippen molar-refractivity contribution in [3.8, 4) is 0 Å². The summed E-state index contributed by atoms with van der Waals surface area (Å²) in [7, 11) is 3.54. The Balaban J connectivity index is 0.00000264. The number of hydrogen-bond acceptors (Lipinski definition) is 4. The minimum absolute atomic E-state index is 0. The van der Waals surface area contributed by atoms with Gasteiger partial charge in [0.25, 0.3) is 0 Å². The second-order valence-electron chi connectivity index (χ2n) is 5.38. The van der Waals surface area contributed by atoms with Crippen LogP contribution in [0.3, 0.4) is 0 Å². The van der Waals surface area contributed by atoms with Gasteiger partial charge in [0.05, 0.1) is 18.9 Å². The van der Waals surface area contributed by atoms with Crippen molar-refractivity contribution in [2.75, 3.05) is 40.5 Å². The van der Waals surface area contributed by atoms with Crippen LogP contribution in [0.1, 0.15) is 25.0 Å². The van der Waals surface area contributed by atoms with Crippen LogP contribution in [0.4, 0.5) is 0 Å². The summed E-state index contributed by atoms with van der Waals surface area (Å²) in [6.07, 6.45) is 5.08. The summed E-state index contributed by atoms with van der Waals surface area (Å²) in [5.41, 5.74) is 0. The van der Waals surface area contributed by atoms with E-state index in [0.717, 1.165) is 57.3 Å². The summed E-state index contributed by atoms with van der Waals surface area (Å²) in [6, 6.07) is 3.85. The standard InChI is InChI=1S/C16H27N3O3.HI/c1-17-16(18-13-15-5-3-11-22-15)19-8-6-14(7-9-19)21-12-4-10-20-2;/h3,5,11,14H,4,6-10,12-13H2,1-2H3,(H,17,18);1H. The average Bonchev–Trinajstić information content (AvgIpc) is 3.07. The van der Waals surface area contributed by atoms with Crippen LogP contribution in [-0.4, -0.2) is 57.4 Å². The zero-order chi connectivity index (χ0) is 15.6. The number of ether oxygens (including phenoxy) is 2. The predicted octanol–water partition coefficient (Wildman–Crippen LogP) is 2.49. The molecule has 1 aromatic rings. The Morgan fingerprint density at radius 2 is 2.17 bits per heavy atom. The van der Waals surface area contributed by atoms with Crippen molar-refractivity contribution in [3.05, 3.63) is 24.2 Å². The Hall–Kier alpha value is -0.800. The molecule has 0 saturated carbocycles. The van der Waals surface area contributed by atoms with E-state index >= 15 is 0 Å². The minimum atomic E-state index is 0. The summed E-state index contributed by atoms with van der Waals surface area (Å²) >= 11 is 0. The van der Waals surface area contributed by atoms with Gasteiger partial charge in [-0.05, 0) is 31.4 Å². The van der Waals surface area contributed by atoms with Crippen molar-refractivity contribution >= 4 is 29.9 Å². The number of rotatable bonds is 7. The number of hydrogen-bond donors (Lipinski definition) is 1. The number of methoxy groups -OCH3 is 1. The lowest BCUT2D eigenvalue weighted by molar-refractivity contribution is 0.00988. The molecule has 23 heavy (non-hydrogen) atoms. The quantitative estimate of drug-likeness (QED) is 0.308. The molecule has 0 atom stereocenters. The molecule has 2 rings (SSSR count). The minimum Gasteiger partial charge on any atom is -0.467 e. The number of nitrogens with zero attached hydrogens (tertiary/aromatic N) is 2. The van der Waals surface area contributed by atoms with Crippen LogP contribution in [0, 0.1) is 0 Å². The fourth-order valence-corrected chi connectivity index (χ4v) is 2.60. The molecule has 1 saturated heterocycles. The molecule has 132 valence electrons. The zero-order valence-corrected chi connectivity index (χ0v) is 16.3. The normalized spacial score (nSPS) is 16.3. The topological polar surface area (TPSA) is 59.2 Å². The summed E-state index contributed by atoms with van der Waals surface area (Å²) in [6.45, 7) is 4.14. The molecule has 1 aliphatic heterocycles. The molecule has 0 bridgehead atoms. The van der Waals surface area contributed by atoms with Crippen molar-refractivity contribution in [2.24, 2.45) is 4.99 Å². The third kappa shape index (κ3) is 7.09. The summed E-state index contributed by atoms with van der Waals surface area (Å²) in [4.78, 5) is 6.63. The van der Waals surface area contributed by atoms with Gasteiger partial charge in [-0.1, -0.05) is 0 Å². The fourth-order valence-electron chi connectivity index (χ4n) is 2.60. The van der Waals surface area contributed by atoms with E-state index in [0.29, 0.717) is 12.6 Å². The highest BCUT2D eigenvalue weighted by Crippen LogP contribution is 2.14. The van der Waals surface area contributed by atoms with Gasteiger partial charge in [0, 0.05) is 40.5 Å². The van der Waals surface area contributed by atoms with Gasteiger partial charge in [0.15, 0.2) is 5.96 Å². The van der Waals surface area contributed by atoms with Crippen molar-refractivity contribution in [2.45, 2.75) is 31.9 Å². The van der Waals surface area contributed by atoms with E-state index in [-0.39, 0.29) is 24.0 Å². The average molecular weight is 437 g/mol. The monoisotopic (exact) mass is 437 g/mol. The lowest BCUT2D eigenvalue weighted by Crippen LogP contribution is -2.46. The maximum atomic E-state index is 5.88. The molecular weight excluding hydrogens is 409 g/mol. The van der Waals surface area contributed by atoms with E-state index in [9.17, 15) is 0 Å². The number of nitrogens with one attached hydrogen (secondary N) is 1. The number of piperidine rings is 1. The summed E-state index contributed by atoms with van der Waals surface area (Å²) < 4.78 is 16.2. The van der Waals surface area contributed by atoms with Gasteiger partial charge >= 0.3 is 0 Å². The molecule has 1 fully saturated rings. The number of furan rings is 1. The van der Waals surface area contributed by atoms with Crippen molar-refractivity contribution in [1.29, 1.82) is 0 Å². The van der Waals surface area contributed by atoms with E-state index in [1.165, 1.54) is 0 Å². The van der Waals surface area contributed by atoms with Gasteiger partial charge in [-0.2, -0.15) is 0 Å².